The van der Waals surface area contributed by atoms with Gasteiger partial charge in [-0.15, -0.1) is 0 Å². The van der Waals surface area contributed by atoms with Gasteiger partial charge >= 0.3 is 0 Å². The molecule has 0 aromatic carbocycles. The number of fused-ring (bicyclic) bond motifs is 5. The summed E-state index contributed by atoms with van der Waals surface area (Å²) in [7, 11) is 1.50. The highest BCUT2D eigenvalue weighted by molar-refractivity contribution is 6.08. The molecule has 0 heterocycles. The normalized spacial score (nSPS) is 40.9. The molecule has 0 amide bonds. The van der Waals surface area contributed by atoms with E-state index in [0.29, 0.717) is 18.6 Å². The molecule has 0 aromatic heterocycles. The summed E-state index contributed by atoms with van der Waals surface area (Å²) in [5.74, 6) is -0.964. The summed E-state index contributed by atoms with van der Waals surface area (Å²) in [5, 5.41) is 21.6. The molecule has 4 rings (SSSR count). The van der Waals surface area contributed by atoms with Gasteiger partial charge in [-0.25, -0.2) is 0 Å². The van der Waals surface area contributed by atoms with Crippen LogP contribution < -0.4 is 0 Å². The van der Waals surface area contributed by atoms with Crippen molar-refractivity contribution in [2.75, 3.05) is 7.11 Å². The van der Waals surface area contributed by atoms with Crippen LogP contribution >= 0.6 is 0 Å². The molecule has 162 valence electrons. The molecule has 2 saturated carbocycles. The number of aliphatic hydroxyl groups excluding tert-OH is 1. The Morgan fingerprint density at radius 3 is 2.60 bits per heavy atom. The molecule has 0 aromatic rings. The van der Waals surface area contributed by atoms with Crippen molar-refractivity contribution in [1.29, 1.82) is 0 Å². The van der Waals surface area contributed by atoms with E-state index in [1.54, 1.807) is 6.08 Å². The number of Topliss-reactive ketones (excluding diaryl/α,β-unsaturated/α-hetero) is 2. The van der Waals surface area contributed by atoms with Crippen LogP contribution in [0.1, 0.15) is 52.9 Å². The lowest BCUT2D eigenvalue weighted by Gasteiger charge is -2.53. The van der Waals surface area contributed by atoms with Gasteiger partial charge in [0.2, 0.25) is 11.6 Å². The zero-order valence-corrected chi connectivity index (χ0v) is 18.0. The molecule has 6 heteroatoms. The van der Waals surface area contributed by atoms with Gasteiger partial charge in [0.25, 0.3) is 0 Å². The fourth-order valence-electron chi connectivity index (χ4n) is 6.58. The Bertz CT molecular complexity index is 926. The molecule has 6 nitrogen and oxygen atoms in total. The molecule has 0 radical (unpaired) electrons. The van der Waals surface area contributed by atoms with Crippen LogP contribution in [0.4, 0.5) is 0 Å². The van der Waals surface area contributed by atoms with E-state index in [-0.39, 0.29) is 24.0 Å². The molecule has 0 spiro atoms. The maximum Gasteiger partial charge on any atom is 0.220 e. The minimum absolute atomic E-state index is 0.0565. The monoisotopic (exact) mass is 414 g/mol. The smallest absolute Gasteiger partial charge is 0.220 e. The molecule has 0 bridgehead atoms. The van der Waals surface area contributed by atoms with Gasteiger partial charge in [-0.05, 0) is 69.9 Å². The third-order valence-electron chi connectivity index (χ3n) is 8.43. The minimum Gasteiger partial charge on any atom is -0.493 e. The van der Waals surface area contributed by atoms with Crippen molar-refractivity contribution in [3.63, 3.8) is 0 Å². The first kappa shape index (κ1) is 21.2. The van der Waals surface area contributed by atoms with Crippen molar-refractivity contribution in [2.24, 2.45) is 22.7 Å². The summed E-state index contributed by atoms with van der Waals surface area (Å²) >= 11 is 0. The first-order valence-electron chi connectivity index (χ1n) is 10.7. The molecule has 30 heavy (non-hydrogen) atoms. The second-order valence-corrected chi connectivity index (χ2v) is 9.76. The largest absolute Gasteiger partial charge is 0.493 e. The summed E-state index contributed by atoms with van der Waals surface area (Å²) < 4.78 is 5.31. The molecule has 4 aliphatic rings. The number of ether oxygens (including phenoxy) is 1. The summed E-state index contributed by atoms with van der Waals surface area (Å²) in [6, 6.07) is 0. The van der Waals surface area contributed by atoms with E-state index in [2.05, 4.69) is 13.0 Å². The highest BCUT2D eigenvalue weighted by Crippen LogP contribution is 2.65. The molecule has 2 N–H and O–H groups in total. The second kappa shape index (κ2) is 6.72. The van der Waals surface area contributed by atoms with Crippen LogP contribution in [0.5, 0.6) is 0 Å². The van der Waals surface area contributed by atoms with E-state index in [0.717, 1.165) is 18.4 Å². The number of ketones is 3. The van der Waals surface area contributed by atoms with Crippen LogP contribution in [0.2, 0.25) is 0 Å². The Balaban J connectivity index is 1.75. The molecular weight excluding hydrogens is 384 g/mol. The summed E-state index contributed by atoms with van der Waals surface area (Å²) in [6.45, 7) is 5.19. The predicted molar refractivity (Wildman–Crippen MR) is 109 cm³/mol. The van der Waals surface area contributed by atoms with Crippen LogP contribution in [0, 0.1) is 22.7 Å². The number of rotatable bonds is 4. The third kappa shape index (κ3) is 2.59. The van der Waals surface area contributed by atoms with Gasteiger partial charge in [-0.2, -0.15) is 0 Å². The Hall–Kier alpha value is -2.05. The summed E-state index contributed by atoms with van der Waals surface area (Å²) in [4.78, 5) is 36.8. The first-order chi connectivity index (χ1) is 14.0. The maximum atomic E-state index is 12.9. The van der Waals surface area contributed by atoms with Gasteiger partial charge in [-0.1, -0.05) is 24.1 Å². The standard InChI is InChI=1S/C24H30O6/c1-13(25)20(27)21(28)24(29)10-8-17-15-6-5-14-11-18(26)19(30-4)12-22(14,2)16(15)7-9-23(17,24)3/h7,11-12,15,17,20,27,29H,5-6,8-10H2,1-4H3/t15?,17?,20?,22?,23?,24-/m0/s1. The Morgan fingerprint density at radius 2 is 1.97 bits per heavy atom. The van der Waals surface area contributed by atoms with Crippen LogP contribution in [0.15, 0.2) is 35.1 Å². The fraction of sp³-hybridized carbons (Fsp3) is 0.625. The quantitative estimate of drug-likeness (QED) is 0.541. The lowest BCUT2D eigenvalue weighted by Crippen LogP contribution is -2.58. The Labute approximate surface area is 176 Å². The van der Waals surface area contributed by atoms with Crippen molar-refractivity contribution >= 4 is 17.3 Å². The van der Waals surface area contributed by atoms with E-state index in [1.807, 2.05) is 13.0 Å². The summed E-state index contributed by atoms with van der Waals surface area (Å²) in [6.07, 6.45) is 6.92. The van der Waals surface area contributed by atoms with Crippen LogP contribution in [-0.4, -0.2) is 46.4 Å². The molecule has 5 unspecified atom stereocenters. The SMILES string of the molecule is COC1=CC2(C)C(=CC1=O)CCC1C2=CCC2(C)C1CC[C@]2(O)C(=O)C(O)C(C)=O. The van der Waals surface area contributed by atoms with Gasteiger partial charge < -0.3 is 14.9 Å². The van der Waals surface area contributed by atoms with Crippen molar-refractivity contribution in [1.82, 2.24) is 0 Å². The zero-order valence-electron chi connectivity index (χ0n) is 18.0. The van der Waals surface area contributed by atoms with E-state index < -0.39 is 34.1 Å². The van der Waals surface area contributed by atoms with E-state index in [9.17, 15) is 24.6 Å². The van der Waals surface area contributed by atoms with E-state index >= 15 is 0 Å². The van der Waals surface area contributed by atoms with Gasteiger partial charge in [-0.3, -0.25) is 14.4 Å². The molecule has 0 saturated heterocycles. The molecular formula is C24H30O6. The number of hydrogen-bond donors (Lipinski definition) is 2. The second-order valence-electron chi connectivity index (χ2n) is 9.76. The average Bonchev–Trinajstić information content (AvgIpc) is 2.98. The lowest BCUT2D eigenvalue weighted by atomic mass is 9.51. The fourth-order valence-corrected chi connectivity index (χ4v) is 6.58. The minimum atomic E-state index is -1.79. The first-order valence-corrected chi connectivity index (χ1v) is 10.7. The molecule has 0 aliphatic heterocycles. The van der Waals surface area contributed by atoms with Crippen molar-refractivity contribution in [2.45, 2.75) is 64.6 Å². The van der Waals surface area contributed by atoms with Crippen molar-refractivity contribution in [3.05, 3.63) is 35.1 Å². The summed E-state index contributed by atoms with van der Waals surface area (Å²) in [5.41, 5.74) is -0.584. The molecule has 6 atom stereocenters. The molecule has 4 aliphatic carbocycles. The number of allylic oxidation sites excluding steroid dienone is 5. The maximum absolute atomic E-state index is 12.9. The van der Waals surface area contributed by atoms with E-state index in [4.69, 9.17) is 4.74 Å². The van der Waals surface area contributed by atoms with Crippen molar-refractivity contribution < 1.29 is 29.3 Å². The molecule has 2 fully saturated rings. The number of carbonyl (C=O) groups is 3. The zero-order chi connectivity index (χ0) is 22.1. The van der Waals surface area contributed by atoms with Crippen LogP contribution in [0.3, 0.4) is 0 Å². The number of carbonyl (C=O) groups excluding carboxylic acids is 3. The lowest BCUT2D eigenvalue weighted by molar-refractivity contribution is -0.163. The van der Waals surface area contributed by atoms with Gasteiger partial charge in [0.15, 0.2) is 17.6 Å². The predicted octanol–water partition coefficient (Wildman–Crippen LogP) is 2.44. The number of hydrogen-bond acceptors (Lipinski definition) is 6. The van der Waals surface area contributed by atoms with Crippen molar-refractivity contribution in [3.8, 4) is 0 Å². The highest BCUT2D eigenvalue weighted by Gasteiger charge is 2.65. The van der Waals surface area contributed by atoms with Gasteiger partial charge in [0, 0.05) is 10.8 Å². The average molecular weight is 414 g/mol. The van der Waals surface area contributed by atoms with Gasteiger partial charge in [0.1, 0.15) is 5.60 Å². The Kier molecular flexibility index (Phi) is 4.75. The highest BCUT2D eigenvalue weighted by atomic mass is 16.5. The Morgan fingerprint density at radius 1 is 1.27 bits per heavy atom. The topological polar surface area (TPSA) is 101 Å². The number of aliphatic hydroxyl groups is 2. The third-order valence-corrected chi connectivity index (χ3v) is 8.43. The van der Waals surface area contributed by atoms with Crippen LogP contribution in [-0.2, 0) is 19.1 Å². The van der Waals surface area contributed by atoms with E-state index in [1.165, 1.54) is 19.6 Å². The van der Waals surface area contributed by atoms with Crippen LogP contribution in [0.25, 0.3) is 0 Å². The van der Waals surface area contributed by atoms with Gasteiger partial charge in [0.05, 0.1) is 7.11 Å². The number of methoxy groups -OCH3 is 1.